The fourth-order valence-corrected chi connectivity index (χ4v) is 4.24. The SMILES string of the molecule is O=C(CCCCCCNC(=O)N1CCC(N(c2ccccc2)c2cccc(F)c2)CC1)NO. The molecule has 2 aromatic rings. The number of rotatable bonds is 10. The van der Waals surface area contributed by atoms with Gasteiger partial charge in [-0.2, -0.15) is 0 Å². The van der Waals surface area contributed by atoms with Gasteiger partial charge in [0.1, 0.15) is 5.82 Å². The summed E-state index contributed by atoms with van der Waals surface area (Å²) in [6.07, 6.45) is 5.27. The molecule has 1 heterocycles. The fourth-order valence-electron chi connectivity index (χ4n) is 4.24. The van der Waals surface area contributed by atoms with Gasteiger partial charge in [0.2, 0.25) is 5.91 Å². The van der Waals surface area contributed by atoms with Gasteiger partial charge < -0.3 is 15.1 Å². The third-order valence-corrected chi connectivity index (χ3v) is 5.97. The van der Waals surface area contributed by atoms with Crippen molar-refractivity contribution >= 4 is 23.3 Å². The van der Waals surface area contributed by atoms with E-state index in [1.807, 2.05) is 41.3 Å². The highest BCUT2D eigenvalue weighted by Gasteiger charge is 2.28. The first-order chi connectivity index (χ1) is 16.1. The first kappa shape index (κ1) is 24.5. The lowest BCUT2D eigenvalue weighted by molar-refractivity contribution is -0.129. The number of nitrogens with zero attached hydrogens (tertiary/aromatic N) is 2. The molecule has 1 fully saturated rings. The van der Waals surface area contributed by atoms with E-state index in [9.17, 15) is 14.0 Å². The average molecular weight is 457 g/mol. The molecule has 8 heteroatoms. The van der Waals surface area contributed by atoms with Crippen molar-refractivity contribution in [3.8, 4) is 0 Å². The number of benzene rings is 2. The van der Waals surface area contributed by atoms with E-state index in [0.29, 0.717) is 26.1 Å². The Morgan fingerprint density at radius 2 is 1.67 bits per heavy atom. The van der Waals surface area contributed by atoms with Crippen LogP contribution in [-0.4, -0.2) is 47.7 Å². The zero-order valence-electron chi connectivity index (χ0n) is 18.9. The van der Waals surface area contributed by atoms with Crippen molar-refractivity contribution in [3.63, 3.8) is 0 Å². The maximum Gasteiger partial charge on any atom is 0.317 e. The first-order valence-electron chi connectivity index (χ1n) is 11.6. The van der Waals surface area contributed by atoms with Crippen molar-refractivity contribution in [2.45, 2.75) is 51.0 Å². The van der Waals surface area contributed by atoms with Crippen LogP contribution in [0.2, 0.25) is 0 Å². The van der Waals surface area contributed by atoms with Gasteiger partial charge in [0.05, 0.1) is 0 Å². The molecular formula is C25H33FN4O3. The minimum absolute atomic E-state index is 0.0508. The van der Waals surface area contributed by atoms with Gasteiger partial charge in [-0.05, 0) is 56.0 Å². The van der Waals surface area contributed by atoms with Crippen LogP contribution in [0, 0.1) is 5.82 Å². The fraction of sp³-hybridized carbons (Fsp3) is 0.440. The van der Waals surface area contributed by atoms with Crippen LogP contribution in [0.5, 0.6) is 0 Å². The van der Waals surface area contributed by atoms with Crippen molar-refractivity contribution in [2.24, 2.45) is 0 Å². The zero-order valence-corrected chi connectivity index (χ0v) is 18.9. The molecule has 0 aromatic heterocycles. The van der Waals surface area contributed by atoms with Gasteiger partial charge in [0, 0.05) is 43.5 Å². The molecule has 0 saturated carbocycles. The molecule has 3 N–H and O–H groups in total. The predicted molar refractivity (Wildman–Crippen MR) is 126 cm³/mol. The van der Waals surface area contributed by atoms with E-state index in [4.69, 9.17) is 5.21 Å². The van der Waals surface area contributed by atoms with E-state index in [0.717, 1.165) is 49.9 Å². The van der Waals surface area contributed by atoms with Crippen molar-refractivity contribution < 1.29 is 19.2 Å². The molecule has 3 amide bonds. The number of carbonyl (C=O) groups excluding carboxylic acids is 2. The second-order valence-electron chi connectivity index (χ2n) is 8.33. The minimum Gasteiger partial charge on any atom is -0.338 e. The summed E-state index contributed by atoms with van der Waals surface area (Å²) in [6.45, 7) is 1.89. The standard InChI is InChI=1S/C25H33FN4O3/c26-20-9-8-12-23(19-20)30(21-10-4-3-5-11-21)22-14-17-29(18-15-22)25(32)27-16-7-2-1-6-13-24(31)28-33/h3-5,8-12,19,22,33H,1-2,6-7,13-18H2,(H,27,32)(H,28,31). The van der Waals surface area contributed by atoms with Gasteiger partial charge in [-0.25, -0.2) is 14.7 Å². The summed E-state index contributed by atoms with van der Waals surface area (Å²) in [6, 6.07) is 16.8. The number of unbranched alkanes of at least 4 members (excludes halogenated alkanes) is 3. The van der Waals surface area contributed by atoms with Crippen LogP contribution >= 0.6 is 0 Å². The van der Waals surface area contributed by atoms with E-state index in [-0.39, 0.29) is 23.8 Å². The average Bonchev–Trinajstić information content (AvgIpc) is 2.84. The number of amides is 3. The normalized spacial score (nSPS) is 14.1. The Morgan fingerprint density at radius 1 is 0.970 bits per heavy atom. The molecule has 1 saturated heterocycles. The van der Waals surface area contributed by atoms with Crippen LogP contribution < -0.4 is 15.7 Å². The lowest BCUT2D eigenvalue weighted by Gasteiger charge is -2.40. The highest BCUT2D eigenvalue weighted by Crippen LogP contribution is 2.32. The molecule has 0 radical (unpaired) electrons. The third-order valence-electron chi connectivity index (χ3n) is 5.97. The summed E-state index contributed by atoms with van der Waals surface area (Å²) >= 11 is 0. The van der Waals surface area contributed by atoms with Crippen molar-refractivity contribution in [3.05, 3.63) is 60.4 Å². The van der Waals surface area contributed by atoms with Gasteiger partial charge in [0.25, 0.3) is 0 Å². The quantitative estimate of drug-likeness (QED) is 0.277. The second kappa shape index (κ2) is 12.8. The number of carbonyl (C=O) groups is 2. The number of anilines is 2. The maximum absolute atomic E-state index is 13.9. The zero-order chi connectivity index (χ0) is 23.5. The van der Waals surface area contributed by atoms with Gasteiger partial charge >= 0.3 is 6.03 Å². The van der Waals surface area contributed by atoms with Gasteiger partial charge in [-0.1, -0.05) is 37.1 Å². The Hall–Kier alpha value is -3.13. The lowest BCUT2D eigenvalue weighted by Crippen LogP contribution is -2.48. The van der Waals surface area contributed by atoms with Gasteiger partial charge in [-0.3, -0.25) is 10.0 Å². The summed E-state index contributed by atoms with van der Waals surface area (Å²) in [7, 11) is 0. The van der Waals surface area contributed by atoms with Crippen LogP contribution in [0.3, 0.4) is 0 Å². The molecule has 2 aromatic carbocycles. The van der Waals surface area contributed by atoms with Crippen LogP contribution in [0.4, 0.5) is 20.6 Å². The van der Waals surface area contributed by atoms with Crippen LogP contribution in [0.15, 0.2) is 54.6 Å². The molecule has 178 valence electrons. The Balaban J connectivity index is 1.46. The van der Waals surface area contributed by atoms with Crippen molar-refractivity contribution in [1.82, 2.24) is 15.7 Å². The number of piperidine rings is 1. The van der Waals surface area contributed by atoms with E-state index in [2.05, 4.69) is 10.2 Å². The molecule has 1 aliphatic rings. The molecule has 0 spiro atoms. The molecule has 0 unspecified atom stereocenters. The summed E-state index contributed by atoms with van der Waals surface area (Å²) < 4.78 is 13.9. The first-order valence-corrected chi connectivity index (χ1v) is 11.6. The van der Waals surface area contributed by atoms with Crippen LogP contribution in [0.1, 0.15) is 44.9 Å². The molecule has 0 atom stereocenters. The Morgan fingerprint density at radius 3 is 2.36 bits per heavy atom. The smallest absolute Gasteiger partial charge is 0.317 e. The maximum atomic E-state index is 13.9. The summed E-state index contributed by atoms with van der Waals surface area (Å²) in [5.74, 6) is -0.628. The number of likely N-dealkylation sites (tertiary alicyclic amines) is 1. The molecule has 0 bridgehead atoms. The number of nitrogens with one attached hydrogen (secondary N) is 2. The third kappa shape index (κ3) is 7.46. The van der Waals surface area contributed by atoms with Gasteiger partial charge in [-0.15, -0.1) is 0 Å². The van der Waals surface area contributed by atoms with Crippen molar-refractivity contribution in [1.29, 1.82) is 0 Å². The molecule has 7 nitrogen and oxygen atoms in total. The second-order valence-corrected chi connectivity index (χ2v) is 8.33. The number of hydrogen-bond acceptors (Lipinski definition) is 4. The number of hydrogen-bond donors (Lipinski definition) is 3. The number of urea groups is 1. The number of hydroxylamine groups is 1. The van der Waals surface area contributed by atoms with E-state index in [1.165, 1.54) is 6.07 Å². The van der Waals surface area contributed by atoms with E-state index < -0.39 is 0 Å². The lowest BCUT2D eigenvalue weighted by atomic mass is 10.0. The topological polar surface area (TPSA) is 84.9 Å². The Labute approximate surface area is 194 Å². The highest BCUT2D eigenvalue weighted by atomic mass is 19.1. The van der Waals surface area contributed by atoms with Gasteiger partial charge in [0.15, 0.2) is 0 Å². The van der Waals surface area contributed by atoms with E-state index >= 15 is 0 Å². The predicted octanol–water partition coefficient (Wildman–Crippen LogP) is 4.59. The highest BCUT2D eigenvalue weighted by molar-refractivity contribution is 5.74. The molecule has 33 heavy (non-hydrogen) atoms. The van der Waals surface area contributed by atoms with E-state index in [1.54, 1.807) is 17.6 Å². The monoisotopic (exact) mass is 456 g/mol. The largest absolute Gasteiger partial charge is 0.338 e. The number of para-hydroxylation sites is 1. The Kier molecular flexibility index (Phi) is 9.50. The van der Waals surface area contributed by atoms with Crippen LogP contribution in [0.25, 0.3) is 0 Å². The molecule has 0 aliphatic carbocycles. The Bertz CT molecular complexity index is 888. The summed E-state index contributed by atoms with van der Waals surface area (Å²) in [5, 5.41) is 11.4. The minimum atomic E-state index is -0.366. The molecule has 1 aliphatic heterocycles. The molecular weight excluding hydrogens is 423 g/mol. The molecule has 3 rings (SSSR count). The van der Waals surface area contributed by atoms with Crippen molar-refractivity contribution in [2.75, 3.05) is 24.5 Å². The summed E-state index contributed by atoms with van der Waals surface area (Å²) in [5.41, 5.74) is 3.46. The summed E-state index contributed by atoms with van der Waals surface area (Å²) in [4.78, 5) is 27.5. The van der Waals surface area contributed by atoms with Crippen LogP contribution in [-0.2, 0) is 4.79 Å². The number of halogens is 1.